The number of amides is 1. The number of rotatable bonds is 5. The molecule has 1 aliphatic rings. The molecular formula is C19H31ClN2O2. The average molecular weight is 355 g/mol. The number of carbonyl (C=O) groups excluding carboxylic acids is 1. The van der Waals surface area contributed by atoms with Crippen molar-refractivity contribution in [3.63, 3.8) is 0 Å². The van der Waals surface area contributed by atoms with Gasteiger partial charge in [-0.2, -0.15) is 0 Å². The molecule has 0 aromatic heterocycles. The molecule has 0 bridgehead atoms. The van der Waals surface area contributed by atoms with E-state index in [-0.39, 0.29) is 29.8 Å². The fourth-order valence-electron chi connectivity index (χ4n) is 3.10. The maximum absolute atomic E-state index is 12.4. The highest BCUT2D eigenvalue weighted by atomic mass is 35.5. The standard InChI is InChI=1S/C19H30N2O2.ClH/c1-13(18(22)21-17-10-5-7-14(17)12-20)23-16-9-6-8-15(11-16)19(2,3)4;/h6,8-9,11,13-14,17H,5,7,10,12,20H2,1-4H3,(H,21,22);1H. The van der Waals surface area contributed by atoms with E-state index in [9.17, 15) is 4.79 Å². The molecule has 0 spiro atoms. The van der Waals surface area contributed by atoms with Gasteiger partial charge in [-0.15, -0.1) is 12.4 Å². The second kappa shape index (κ2) is 8.72. The molecule has 5 heteroatoms. The first-order valence-corrected chi connectivity index (χ1v) is 8.59. The second-order valence-corrected chi connectivity index (χ2v) is 7.58. The van der Waals surface area contributed by atoms with Crippen LogP contribution in [0.4, 0.5) is 0 Å². The second-order valence-electron chi connectivity index (χ2n) is 7.58. The lowest BCUT2D eigenvalue weighted by atomic mass is 9.87. The van der Waals surface area contributed by atoms with E-state index in [1.807, 2.05) is 18.2 Å². The quantitative estimate of drug-likeness (QED) is 0.851. The van der Waals surface area contributed by atoms with Crippen molar-refractivity contribution < 1.29 is 9.53 Å². The smallest absolute Gasteiger partial charge is 0.261 e. The van der Waals surface area contributed by atoms with E-state index in [0.717, 1.165) is 25.0 Å². The van der Waals surface area contributed by atoms with E-state index >= 15 is 0 Å². The van der Waals surface area contributed by atoms with Gasteiger partial charge in [0, 0.05) is 6.04 Å². The molecule has 3 N–H and O–H groups in total. The number of nitrogens with one attached hydrogen (secondary N) is 1. The van der Waals surface area contributed by atoms with Gasteiger partial charge in [0.25, 0.3) is 5.91 Å². The van der Waals surface area contributed by atoms with Gasteiger partial charge in [0.15, 0.2) is 6.10 Å². The van der Waals surface area contributed by atoms with Crippen LogP contribution in [0.15, 0.2) is 24.3 Å². The van der Waals surface area contributed by atoms with Crippen LogP contribution in [-0.4, -0.2) is 24.6 Å². The van der Waals surface area contributed by atoms with Crippen LogP contribution in [0.2, 0.25) is 0 Å². The van der Waals surface area contributed by atoms with Crippen LogP contribution >= 0.6 is 12.4 Å². The minimum atomic E-state index is -0.510. The molecule has 3 atom stereocenters. The van der Waals surface area contributed by atoms with Gasteiger partial charge in [-0.05, 0) is 55.3 Å². The summed E-state index contributed by atoms with van der Waals surface area (Å²) < 4.78 is 5.85. The Balaban J connectivity index is 0.00000288. The fourth-order valence-corrected chi connectivity index (χ4v) is 3.10. The number of nitrogens with two attached hydrogens (primary N) is 1. The maximum atomic E-state index is 12.4. The predicted octanol–water partition coefficient (Wildman–Crippen LogP) is 3.42. The number of hydrogen-bond donors (Lipinski definition) is 2. The summed E-state index contributed by atoms with van der Waals surface area (Å²) in [6.07, 6.45) is 2.74. The van der Waals surface area contributed by atoms with Crippen LogP contribution in [0.1, 0.15) is 52.5 Å². The van der Waals surface area contributed by atoms with Gasteiger partial charge in [0.2, 0.25) is 0 Å². The summed E-state index contributed by atoms with van der Waals surface area (Å²) in [5.41, 5.74) is 7.03. The molecule has 0 heterocycles. The highest BCUT2D eigenvalue weighted by Crippen LogP contribution is 2.27. The van der Waals surface area contributed by atoms with Crippen molar-refractivity contribution in [1.82, 2.24) is 5.32 Å². The molecule has 0 saturated heterocycles. The zero-order valence-corrected chi connectivity index (χ0v) is 16.0. The molecule has 4 nitrogen and oxygen atoms in total. The molecule has 0 aliphatic heterocycles. The van der Waals surface area contributed by atoms with Crippen LogP contribution in [0.3, 0.4) is 0 Å². The van der Waals surface area contributed by atoms with E-state index in [1.165, 1.54) is 5.56 Å². The topological polar surface area (TPSA) is 64.3 Å². The molecule has 3 unspecified atom stereocenters. The zero-order chi connectivity index (χ0) is 17.0. The SMILES string of the molecule is CC(Oc1cccc(C(C)(C)C)c1)C(=O)NC1CCCC1CN.Cl. The third-order valence-electron chi connectivity index (χ3n) is 4.67. The van der Waals surface area contributed by atoms with Crippen LogP contribution in [0, 0.1) is 5.92 Å². The predicted molar refractivity (Wildman–Crippen MR) is 101 cm³/mol. The summed E-state index contributed by atoms with van der Waals surface area (Å²) in [7, 11) is 0. The van der Waals surface area contributed by atoms with E-state index < -0.39 is 6.10 Å². The van der Waals surface area contributed by atoms with Crippen molar-refractivity contribution in [1.29, 1.82) is 0 Å². The Labute approximate surface area is 151 Å². The number of halogens is 1. The van der Waals surface area contributed by atoms with Crippen LogP contribution in [-0.2, 0) is 10.2 Å². The van der Waals surface area contributed by atoms with Gasteiger partial charge in [-0.25, -0.2) is 0 Å². The molecule has 136 valence electrons. The lowest BCUT2D eigenvalue weighted by molar-refractivity contribution is -0.128. The van der Waals surface area contributed by atoms with E-state index in [1.54, 1.807) is 6.92 Å². The van der Waals surface area contributed by atoms with E-state index in [2.05, 4.69) is 32.2 Å². The van der Waals surface area contributed by atoms with Gasteiger partial charge in [-0.3, -0.25) is 4.79 Å². The summed E-state index contributed by atoms with van der Waals surface area (Å²) in [5.74, 6) is 1.08. The van der Waals surface area contributed by atoms with Crippen molar-refractivity contribution in [3.8, 4) is 5.75 Å². The van der Waals surface area contributed by atoms with Crippen molar-refractivity contribution in [2.24, 2.45) is 11.7 Å². The minimum absolute atomic E-state index is 0. The molecule has 1 amide bonds. The highest BCUT2D eigenvalue weighted by Gasteiger charge is 2.29. The van der Waals surface area contributed by atoms with Gasteiger partial charge < -0.3 is 15.8 Å². The summed E-state index contributed by atoms with van der Waals surface area (Å²) >= 11 is 0. The lowest BCUT2D eigenvalue weighted by Crippen LogP contribution is -2.45. The molecular weight excluding hydrogens is 324 g/mol. The van der Waals surface area contributed by atoms with Crippen molar-refractivity contribution in [2.75, 3.05) is 6.54 Å². The first-order chi connectivity index (χ1) is 10.8. The fraction of sp³-hybridized carbons (Fsp3) is 0.632. The Morgan fingerprint density at radius 1 is 1.38 bits per heavy atom. The van der Waals surface area contributed by atoms with Gasteiger partial charge in [0.1, 0.15) is 5.75 Å². The minimum Gasteiger partial charge on any atom is -0.481 e. The largest absolute Gasteiger partial charge is 0.481 e. The third kappa shape index (κ3) is 5.38. The van der Waals surface area contributed by atoms with Crippen LogP contribution < -0.4 is 15.8 Å². The van der Waals surface area contributed by atoms with Gasteiger partial charge in [0.05, 0.1) is 0 Å². The molecule has 2 rings (SSSR count). The average Bonchev–Trinajstić information content (AvgIpc) is 2.93. The molecule has 1 aromatic rings. The molecule has 24 heavy (non-hydrogen) atoms. The monoisotopic (exact) mass is 354 g/mol. The van der Waals surface area contributed by atoms with Crippen molar-refractivity contribution >= 4 is 18.3 Å². The first-order valence-electron chi connectivity index (χ1n) is 8.59. The Kier molecular flexibility index (Phi) is 7.56. The summed E-state index contributed by atoms with van der Waals surface area (Å²) in [4.78, 5) is 12.4. The third-order valence-corrected chi connectivity index (χ3v) is 4.67. The Bertz CT molecular complexity index is 542. The number of ether oxygens (including phenoxy) is 1. The van der Waals surface area contributed by atoms with Crippen LogP contribution in [0.25, 0.3) is 0 Å². The maximum Gasteiger partial charge on any atom is 0.261 e. The van der Waals surface area contributed by atoms with Gasteiger partial charge >= 0.3 is 0 Å². The van der Waals surface area contributed by atoms with E-state index in [4.69, 9.17) is 10.5 Å². The zero-order valence-electron chi connectivity index (χ0n) is 15.2. The number of benzene rings is 1. The molecule has 0 radical (unpaired) electrons. The molecule has 1 fully saturated rings. The summed E-state index contributed by atoms with van der Waals surface area (Å²) in [6, 6.07) is 8.17. The van der Waals surface area contributed by atoms with Gasteiger partial charge in [-0.1, -0.05) is 39.3 Å². The molecule has 1 saturated carbocycles. The Hall–Kier alpha value is -1.26. The number of carbonyl (C=O) groups is 1. The molecule has 1 aromatic carbocycles. The van der Waals surface area contributed by atoms with Crippen molar-refractivity contribution in [2.45, 2.75) is 64.5 Å². The van der Waals surface area contributed by atoms with Crippen LogP contribution in [0.5, 0.6) is 5.75 Å². The van der Waals surface area contributed by atoms with E-state index in [0.29, 0.717) is 12.5 Å². The Morgan fingerprint density at radius 2 is 2.08 bits per heavy atom. The van der Waals surface area contributed by atoms with Crippen molar-refractivity contribution in [3.05, 3.63) is 29.8 Å². The first kappa shape index (κ1) is 20.8. The molecule has 1 aliphatic carbocycles. The normalized spacial score (nSPS) is 21.7. The summed E-state index contributed by atoms with van der Waals surface area (Å²) in [5, 5.41) is 3.10. The lowest BCUT2D eigenvalue weighted by Gasteiger charge is -2.23. The Morgan fingerprint density at radius 3 is 2.71 bits per heavy atom. The number of hydrogen-bond acceptors (Lipinski definition) is 3. The summed E-state index contributed by atoms with van der Waals surface area (Å²) in [6.45, 7) is 8.92. The highest BCUT2D eigenvalue weighted by molar-refractivity contribution is 5.85.